The fourth-order valence-electron chi connectivity index (χ4n) is 1.30. The first-order valence-corrected chi connectivity index (χ1v) is 5.78. The highest BCUT2D eigenvalue weighted by Gasteiger charge is 2.17. The van der Waals surface area contributed by atoms with Gasteiger partial charge in [0.25, 0.3) is 0 Å². The van der Waals surface area contributed by atoms with Crippen LogP contribution in [0.25, 0.3) is 0 Å². The lowest BCUT2D eigenvalue weighted by Gasteiger charge is -2.06. The van der Waals surface area contributed by atoms with Gasteiger partial charge in [0.2, 0.25) is 5.75 Å². The van der Waals surface area contributed by atoms with Crippen molar-refractivity contribution in [2.75, 3.05) is 0 Å². The molecule has 0 aliphatic carbocycles. The molecule has 18 heavy (non-hydrogen) atoms. The van der Waals surface area contributed by atoms with E-state index in [0.29, 0.717) is 4.47 Å². The first-order valence-electron chi connectivity index (χ1n) is 4.98. The molecule has 0 spiro atoms. The average Bonchev–Trinajstić information content (AvgIpc) is 2.37. The minimum absolute atomic E-state index is 0.131. The van der Waals surface area contributed by atoms with Crippen LogP contribution in [0.3, 0.4) is 0 Å². The van der Waals surface area contributed by atoms with E-state index in [0.717, 1.165) is 5.56 Å². The topological polar surface area (TPSA) is 78.2 Å². The maximum Gasteiger partial charge on any atom is 0.406 e. The van der Waals surface area contributed by atoms with Gasteiger partial charge in [0.05, 0.1) is 4.47 Å². The van der Waals surface area contributed by atoms with Gasteiger partial charge in [-0.2, -0.15) is 0 Å². The van der Waals surface area contributed by atoms with E-state index in [1.807, 2.05) is 0 Å². The van der Waals surface area contributed by atoms with Gasteiger partial charge in [-0.25, -0.2) is 0 Å². The zero-order valence-electron chi connectivity index (χ0n) is 9.12. The van der Waals surface area contributed by atoms with Gasteiger partial charge in [0, 0.05) is 18.5 Å². The molecule has 92 valence electrons. The number of hydrogen-bond acceptors (Lipinski definition) is 5. The highest BCUT2D eigenvalue weighted by Crippen LogP contribution is 2.27. The lowest BCUT2D eigenvalue weighted by molar-refractivity contribution is -0.390. The third-order valence-electron chi connectivity index (χ3n) is 2.12. The minimum Gasteiger partial charge on any atom is -0.481 e. The fourth-order valence-corrected chi connectivity index (χ4v) is 1.61. The number of rotatable bonds is 4. The number of hydrogen-bond donors (Lipinski definition) is 0. The molecule has 0 bridgehead atoms. The van der Waals surface area contributed by atoms with Crippen LogP contribution in [-0.4, -0.2) is 14.9 Å². The molecule has 2 aromatic heterocycles. The number of nitro groups is 1. The standard InChI is InChI=1S/C11H8BrN3O3/c12-9-5-10(11(14-6-9)15(16)17)18-7-8-1-3-13-4-2-8/h1-6H,7H2. The Morgan fingerprint density at radius 2 is 2.11 bits per heavy atom. The summed E-state index contributed by atoms with van der Waals surface area (Å²) in [6.07, 6.45) is 4.62. The molecule has 0 saturated carbocycles. The third-order valence-corrected chi connectivity index (χ3v) is 2.55. The highest BCUT2D eigenvalue weighted by atomic mass is 79.9. The van der Waals surface area contributed by atoms with Crippen LogP contribution in [0.4, 0.5) is 5.82 Å². The number of ether oxygens (including phenoxy) is 1. The van der Waals surface area contributed by atoms with Crippen molar-refractivity contribution in [2.45, 2.75) is 6.61 Å². The monoisotopic (exact) mass is 309 g/mol. The van der Waals surface area contributed by atoms with Crippen molar-refractivity contribution in [2.24, 2.45) is 0 Å². The molecular weight excluding hydrogens is 302 g/mol. The summed E-state index contributed by atoms with van der Waals surface area (Å²) in [6.45, 7) is 0.224. The predicted octanol–water partition coefficient (Wildman–Crippen LogP) is 2.73. The average molecular weight is 310 g/mol. The van der Waals surface area contributed by atoms with Gasteiger partial charge >= 0.3 is 5.82 Å². The van der Waals surface area contributed by atoms with Gasteiger partial charge in [0.1, 0.15) is 6.61 Å². The van der Waals surface area contributed by atoms with Crippen LogP contribution in [0.2, 0.25) is 0 Å². The number of nitrogens with zero attached hydrogens (tertiary/aromatic N) is 3. The van der Waals surface area contributed by atoms with Crippen molar-refractivity contribution in [1.29, 1.82) is 0 Å². The molecule has 2 heterocycles. The van der Waals surface area contributed by atoms with Crippen LogP contribution in [-0.2, 0) is 6.61 Å². The Kier molecular flexibility index (Phi) is 3.83. The van der Waals surface area contributed by atoms with E-state index >= 15 is 0 Å². The van der Waals surface area contributed by atoms with Crippen molar-refractivity contribution in [3.05, 3.63) is 56.9 Å². The molecule has 0 unspecified atom stereocenters. The van der Waals surface area contributed by atoms with Crippen LogP contribution in [0, 0.1) is 10.1 Å². The van der Waals surface area contributed by atoms with Crippen LogP contribution in [0.1, 0.15) is 5.56 Å². The Labute approximate surface area is 111 Å². The Hall–Kier alpha value is -2.02. The summed E-state index contributed by atoms with van der Waals surface area (Å²) in [6, 6.07) is 5.07. The Morgan fingerprint density at radius 3 is 2.78 bits per heavy atom. The summed E-state index contributed by atoms with van der Waals surface area (Å²) in [5.41, 5.74) is 0.874. The van der Waals surface area contributed by atoms with E-state index in [1.54, 1.807) is 24.5 Å². The van der Waals surface area contributed by atoms with E-state index in [1.165, 1.54) is 12.3 Å². The second-order valence-corrected chi connectivity index (χ2v) is 4.29. The van der Waals surface area contributed by atoms with Gasteiger partial charge in [-0.3, -0.25) is 4.98 Å². The van der Waals surface area contributed by atoms with Crippen molar-refractivity contribution >= 4 is 21.7 Å². The molecule has 7 heteroatoms. The quantitative estimate of drug-likeness (QED) is 0.641. The second kappa shape index (κ2) is 5.54. The molecule has 0 amide bonds. The van der Waals surface area contributed by atoms with Crippen molar-refractivity contribution in [3.63, 3.8) is 0 Å². The van der Waals surface area contributed by atoms with Crippen molar-refractivity contribution < 1.29 is 9.66 Å². The van der Waals surface area contributed by atoms with Crippen LogP contribution >= 0.6 is 15.9 Å². The van der Waals surface area contributed by atoms with Gasteiger partial charge < -0.3 is 14.9 Å². The summed E-state index contributed by atoms with van der Waals surface area (Å²) >= 11 is 3.20. The van der Waals surface area contributed by atoms with Crippen molar-refractivity contribution in [1.82, 2.24) is 9.97 Å². The van der Waals surface area contributed by atoms with Crippen LogP contribution in [0.5, 0.6) is 5.75 Å². The first kappa shape index (κ1) is 12.4. The molecule has 2 aromatic rings. The second-order valence-electron chi connectivity index (χ2n) is 3.38. The molecule has 0 saturated heterocycles. The minimum atomic E-state index is -0.575. The molecule has 0 radical (unpaired) electrons. The molecular formula is C11H8BrN3O3. The van der Waals surface area contributed by atoms with E-state index < -0.39 is 4.92 Å². The van der Waals surface area contributed by atoms with Crippen LogP contribution < -0.4 is 4.74 Å². The number of aromatic nitrogens is 2. The van der Waals surface area contributed by atoms with Gasteiger partial charge in [-0.1, -0.05) is 0 Å². The van der Waals surface area contributed by atoms with E-state index in [-0.39, 0.29) is 18.2 Å². The molecule has 0 aliphatic rings. The molecule has 0 fully saturated rings. The Balaban J connectivity index is 2.18. The SMILES string of the molecule is O=[N+]([O-])c1ncc(Br)cc1OCc1ccncc1. The fraction of sp³-hybridized carbons (Fsp3) is 0.0909. The highest BCUT2D eigenvalue weighted by molar-refractivity contribution is 9.10. The molecule has 6 nitrogen and oxygen atoms in total. The van der Waals surface area contributed by atoms with E-state index in [4.69, 9.17) is 4.74 Å². The summed E-state index contributed by atoms with van der Waals surface area (Å²) < 4.78 is 6.03. The number of halogens is 1. The lowest BCUT2D eigenvalue weighted by Crippen LogP contribution is -2.01. The summed E-state index contributed by atoms with van der Waals surface area (Å²) in [5, 5.41) is 10.8. The normalized spacial score (nSPS) is 10.1. The largest absolute Gasteiger partial charge is 0.481 e. The van der Waals surface area contributed by atoms with E-state index in [9.17, 15) is 10.1 Å². The summed E-state index contributed by atoms with van der Waals surface area (Å²) in [4.78, 5) is 17.8. The molecule has 2 rings (SSSR count). The zero-order valence-corrected chi connectivity index (χ0v) is 10.7. The molecule has 0 atom stereocenters. The van der Waals surface area contributed by atoms with E-state index in [2.05, 4.69) is 25.9 Å². The summed E-state index contributed by atoms with van der Waals surface area (Å²) in [7, 11) is 0. The first-order chi connectivity index (χ1) is 8.66. The van der Waals surface area contributed by atoms with Gasteiger partial charge in [0.15, 0.2) is 6.20 Å². The summed E-state index contributed by atoms with van der Waals surface area (Å²) in [5.74, 6) is -0.168. The van der Waals surface area contributed by atoms with Gasteiger partial charge in [-0.05, 0) is 43.5 Å². The molecule has 0 N–H and O–H groups in total. The Morgan fingerprint density at radius 1 is 1.39 bits per heavy atom. The maximum atomic E-state index is 10.8. The zero-order chi connectivity index (χ0) is 13.0. The van der Waals surface area contributed by atoms with Gasteiger partial charge in [-0.15, -0.1) is 0 Å². The van der Waals surface area contributed by atoms with Crippen molar-refractivity contribution in [3.8, 4) is 5.75 Å². The number of pyridine rings is 2. The maximum absolute atomic E-state index is 10.8. The lowest BCUT2D eigenvalue weighted by atomic mass is 10.3. The predicted molar refractivity (Wildman–Crippen MR) is 67.2 cm³/mol. The molecule has 0 aliphatic heterocycles. The van der Waals surface area contributed by atoms with Crippen LogP contribution in [0.15, 0.2) is 41.3 Å². The third kappa shape index (κ3) is 3.01. The molecule has 0 aromatic carbocycles. The smallest absolute Gasteiger partial charge is 0.406 e. The Bertz CT molecular complexity index is 563.